The van der Waals surface area contributed by atoms with Gasteiger partial charge in [-0.3, -0.25) is 24.8 Å². The molecule has 2 amide bonds. The molecule has 0 aliphatic heterocycles. The van der Waals surface area contributed by atoms with Crippen LogP contribution in [0.2, 0.25) is 0 Å². The highest BCUT2D eigenvalue weighted by Gasteiger charge is 2.17. The maximum Gasteiger partial charge on any atom is 0.288 e. The molecular weight excluding hydrogens is 328 g/mol. The summed E-state index contributed by atoms with van der Waals surface area (Å²) in [6.07, 6.45) is 1.76. The first-order valence-electron chi connectivity index (χ1n) is 8.17. The Morgan fingerprint density at radius 1 is 0.885 bits per heavy atom. The lowest BCUT2D eigenvalue weighted by atomic mass is 10.0. The van der Waals surface area contributed by atoms with E-state index >= 15 is 0 Å². The molecule has 6 heteroatoms. The van der Waals surface area contributed by atoms with Crippen molar-refractivity contribution in [3.63, 3.8) is 0 Å². The van der Waals surface area contributed by atoms with Crippen LogP contribution in [-0.4, -0.2) is 21.2 Å². The first-order valence-corrected chi connectivity index (χ1v) is 8.17. The number of aryl methyl sites for hydroxylation is 1. The van der Waals surface area contributed by atoms with Gasteiger partial charge in [0.15, 0.2) is 0 Å². The molecule has 0 aliphatic carbocycles. The molecule has 0 spiro atoms. The molecule has 4 rings (SSSR count). The number of carbonyl (C=O) groups excluding carboxylic acids is 2. The van der Waals surface area contributed by atoms with Crippen LogP contribution in [0.1, 0.15) is 26.5 Å². The number of rotatable bonds is 2. The molecule has 26 heavy (non-hydrogen) atoms. The summed E-state index contributed by atoms with van der Waals surface area (Å²) >= 11 is 0. The number of fused-ring (bicyclic) bond motifs is 2. The standard InChI is InChI=1S/C20H16N4O2/c1-13-18(24-12-5-4-11-17(24)21-13)20(26)23-22-19(25)16-10-6-8-14-7-2-3-9-15(14)16/h2-12H,1H3,(H,22,25)(H,23,26). The Kier molecular flexibility index (Phi) is 3.85. The average molecular weight is 344 g/mol. The average Bonchev–Trinajstić information content (AvgIpc) is 3.01. The molecule has 0 unspecified atom stereocenters. The van der Waals surface area contributed by atoms with Crippen molar-refractivity contribution in [3.05, 3.63) is 83.8 Å². The summed E-state index contributed by atoms with van der Waals surface area (Å²) in [5.74, 6) is -0.795. The first kappa shape index (κ1) is 15.8. The van der Waals surface area contributed by atoms with Crippen LogP contribution < -0.4 is 10.9 Å². The van der Waals surface area contributed by atoms with Gasteiger partial charge in [-0.1, -0.05) is 42.5 Å². The Morgan fingerprint density at radius 2 is 1.62 bits per heavy atom. The second-order valence-electron chi connectivity index (χ2n) is 5.91. The second kappa shape index (κ2) is 6.33. The predicted octanol–water partition coefficient (Wildman–Crippen LogP) is 2.87. The van der Waals surface area contributed by atoms with Crippen molar-refractivity contribution < 1.29 is 9.59 Å². The summed E-state index contributed by atoms with van der Waals surface area (Å²) in [7, 11) is 0. The van der Waals surface area contributed by atoms with E-state index in [1.807, 2.05) is 54.6 Å². The van der Waals surface area contributed by atoms with Crippen LogP contribution in [0.25, 0.3) is 16.4 Å². The third-order valence-corrected chi connectivity index (χ3v) is 4.24. The number of hydrogen-bond donors (Lipinski definition) is 2. The summed E-state index contributed by atoms with van der Waals surface area (Å²) in [5, 5.41) is 1.79. The van der Waals surface area contributed by atoms with Gasteiger partial charge in [-0.25, -0.2) is 4.98 Å². The van der Waals surface area contributed by atoms with Crippen LogP contribution in [0.15, 0.2) is 66.9 Å². The molecule has 0 radical (unpaired) electrons. The minimum absolute atomic E-state index is 0.373. The zero-order valence-corrected chi connectivity index (χ0v) is 14.1. The SMILES string of the molecule is Cc1nc2ccccn2c1C(=O)NNC(=O)c1cccc2ccccc12. The van der Waals surface area contributed by atoms with E-state index in [0.29, 0.717) is 22.6 Å². The number of nitrogens with zero attached hydrogens (tertiary/aromatic N) is 2. The van der Waals surface area contributed by atoms with Gasteiger partial charge >= 0.3 is 0 Å². The van der Waals surface area contributed by atoms with E-state index in [1.165, 1.54) is 0 Å². The molecule has 6 nitrogen and oxygen atoms in total. The van der Waals surface area contributed by atoms with Crippen molar-refractivity contribution in [2.24, 2.45) is 0 Å². The Morgan fingerprint density at radius 3 is 2.50 bits per heavy atom. The monoisotopic (exact) mass is 344 g/mol. The Balaban J connectivity index is 1.57. The number of imidazole rings is 1. The van der Waals surface area contributed by atoms with Crippen LogP contribution in [0.4, 0.5) is 0 Å². The van der Waals surface area contributed by atoms with Gasteiger partial charge in [-0.05, 0) is 35.9 Å². The van der Waals surface area contributed by atoms with Gasteiger partial charge in [0.1, 0.15) is 11.3 Å². The van der Waals surface area contributed by atoms with E-state index in [0.717, 1.165) is 10.8 Å². The smallest absolute Gasteiger partial charge is 0.288 e. The van der Waals surface area contributed by atoms with E-state index in [9.17, 15) is 9.59 Å². The topological polar surface area (TPSA) is 75.5 Å². The fourth-order valence-electron chi connectivity index (χ4n) is 3.05. The molecule has 0 bridgehead atoms. The number of carbonyl (C=O) groups is 2. The Hall–Kier alpha value is -3.67. The highest BCUT2D eigenvalue weighted by atomic mass is 16.2. The molecule has 2 aromatic carbocycles. The van der Waals surface area contributed by atoms with Crippen molar-refractivity contribution in [2.45, 2.75) is 6.92 Å². The molecule has 2 heterocycles. The summed E-state index contributed by atoms with van der Waals surface area (Å²) < 4.78 is 1.69. The van der Waals surface area contributed by atoms with Crippen LogP contribution in [0.3, 0.4) is 0 Å². The third kappa shape index (κ3) is 2.67. The van der Waals surface area contributed by atoms with Crippen LogP contribution >= 0.6 is 0 Å². The first-order chi connectivity index (χ1) is 12.6. The number of aromatic nitrogens is 2. The second-order valence-corrected chi connectivity index (χ2v) is 5.91. The van der Waals surface area contributed by atoms with Gasteiger partial charge in [0.2, 0.25) is 0 Å². The zero-order valence-electron chi connectivity index (χ0n) is 14.1. The normalized spacial score (nSPS) is 10.8. The number of nitrogens with one attached hydrogen (secondary N) is 2. The number of pyridine rings is 1. The third-order valence-electron chi connectivity index (χ3n) is 4.24. The minimum atomic E-state index is -0.421. The molecule has 0 atom stereocenters. The van der Waals surface area contributed by atoms with E-state index < -0.39 is 5.91 Å². The fraction of sp³-hybridized carbons (Fsp3) is 0.0500. The molecule has 0 aliphatic rings. The van der Waals surface area contributed by atoms with Crippen LogP contribution in [0, 0.1) is 6.92 Å². The van der Waals surface area contributed by atoms with Crippen LogP contribution in [-0.2, 0) is 0 Å². The molecule has 2 aromatic heterocycles. The highest BCUT2D eigenvalue weighted by molar-refractivity contribution is 6.08. The zero-order chi connectivity index (χ0) is 18.1. The van der Waals surface area contributed by atoms with Gasteiger partial charge in [0.25, 0.3) is 11.8 Å². The lowest BCUT2D eigenvalue weighted by Gasteiger charge is -2.10. The van der Waals surface area contributed by atoms with Gasteiger partial charge < -0.3 is 0 Å². The Bertz CT molecular complexity index is 1140. The molecule has 0 saturated carbocycles. The van der Waals surface area contributed by atoms with Crippen molar-refractivity contribution in [1.29, 1.82) is 0 Å². The minimum Gasteiger partial charge on any atom is -0.295 e. The molecule has 0 saturated heterocycles. The number of benzene rings is 2. The summed E-state index contributed by atoms with van der Waals surface area (Å²) in [5.41, 5.74) is 7.13. The van der Waals surface area contributed by atoms with Crippen LogP contribution in [0.5, 0.6) is 0 Å². The van der Waals surface area contributed by atoms with Gasteiger partial charge in [0, 0.05) is 11.8 Å². The maximum absolute atomic E-state index is 12.6. The highest BCUT2D eigenvalue weighted by Crippen LogP contribution is 2.18. The Labute approximate surface area is 149 Å². The van der Waals surface area contributed by atoms with E-state index in [-0.39, 0.29) is 5.91 Å². The van der Waals surface area contributed by atoms with Gasteiger partial charge in [0.05, 0.1) is 5.69 Å². The van der Waals surface area contributed by atoms with Gasteiger partial charge in [-0.15, -0.1) is 0 Å². The maximum atomic E-state index is 12.6. The lowest BCUT2D eigenvalue weighted by molar-refractivity contribution is 0.0844. The molecule has 128 valence electrons. The number of hydrogen-bond acceptors (Lipinski definition) is 3. The summed E-state index contributed by atoms with van der Waals surface area (Å²) in [4.78, 5) is 29.4. The quantitative estimate of drug-likeness (QED) is 0.549. The lowest BCUT2D eigenvalue weighted by Crippen LogP contribution is -2.42. The number of hydrazine groups is 1. The van der Waals surface area contributed by atoms with E-state index in [4.69, 9.17) is 0 Å². The fourth-order valence-corrected chi connectivity index (χ4v) is 3.05. The van der Waals surface area contributed by atoms with Crippen molar-refractivity contribution in [1.82, 2.24) is 20.2 Å². The van der Waals surface area contributed by atoms with Gasteiger partial charge in [-0.2, -0.15) is 0 Å². The number of amides is 2. The van der Waals surface area contributed by atoms with Crippen molar-refractivity contribution in [3.8, 4) is 0 Å². The largest absolute Gasteiger partial charge is 0.295 e. The molecule has 2 N–H and O–H groups in total. The summed E-state index contributed by atoms with van der Waals surface area (Å²) in [6, 6.07) is 18.6. The summed E-state index contributed by atoms with van der Waals surface area (Å²) in [6.45, 7) is 1.76. The van der Waals surface area contributed by atoms with E-state index in [2.05, 4.69) is 15.8 Å². The molecule has 0 fully saturated rings. The van der Waals surface area contributed by atoms with Crippen molar-refractivity contribution >= 4 is 28.2 Å². The molecule has 4 aromatic rings. The predicted molar refractivity (Wildman–Crippen MR) is 98.8 cm³/mol. The van der Waals surface area contributed by atoms with Crippen molar-refractivity contribution in [2.75, 3.05) is 0 Å². The van der Waals surface area contributed by atoms with E-state index in [1.54, 1.807) is 23.6 Å². The molecular formula is C20H16N4O2.